The van der Waals surface area contributed by atoms with Crippen LogP contribution in [-0.2, 0) is 6.18 Å². The van der Waals surface area contributed by atoms with Crippen LogP contribution >= 0.6 is 11.3 Å². The van der Waals surface area contributed by atoms with Gasteiger partial charge in [0, 0.05) is 24.7 Å². The molecule has 4 rings (SSSR count). The molecule has 0 unspecified atom stereocenters. The van der Waals surface area contributed by atoms with Crippen molar-refractivity contribution in [3.8, 4) is 5.06 Å². The van der Waals surface area contributed by atoms with Gasteiger partial charge >= 0.3 is 6.18 Å². The Morgan fingerprint density at radius 1 is 1.31 bits per heavy atom. The van der Waals surface area contributed by atoms with E-state index >= 15 is 0 Å². The standard InChI is InChI=1S/C19H18F3N3O3S/c1-10-9-12(19(20,21)22)15-16(24-28-17(15)23-10)11-5-7-25(8-6-11)18(26)13-3-4-14(27-2)29-13/h3-4,9,11H,5-8H2,1-2H3. The van der Waals surface area contributed by atoms with Crippen molar-refractivity contribution >= 4 is 28.3 Å². The molecule has 1 fully saturated rings. The maximum absolute atomic E-state index is 13.6. The summed E-state index contributed by atoms with van der Waals surface area (Å²) in [7, 11) is 1.54. The molecule has 29 heavy (non-hydrogen) atoms. The zero-order chi connectivity index (χ0) is 20.8. The number of thiophene rings is 1. The SMILES string of the molecule is COc1ccc(C(=O)N2CCC(c3noc4nc(C)cc(C(F)(F)F)c34)CC2)s1. The lowest BCUT2D eigenvalue weighted by Gasteiger charge is -2.31. The summed E-state index contributed by atoms with van der Waals surface area (Å²) in [6.45, 7) is 2.35. The second kappa shape index (κ2) is 7.33. The number of piperidine rings is 1. The third-order valence-corrected chi connectivity index (χ3v) is 6.10. The lowest BCUT2D eigenvalue weighted by Crippen LogP contribution is -2.37. The third-order valence-electron chi connectivity index (χ3n) is 5.07. The third kappa shape index (κ3) is 3.68. The Morgan fingerprint density at radius 2 is 2.03 bits per heavy atom. The largest absolute Gasteiger partial charge is 0.487 e. The predicted octanol–water partition coefficient (Wildman–Crippen LogP) is 4.64. The van der Waals surface area contributed by atoms with Crippen LogP contribution in [-0.4, -0.2) is 41.1 Å². The molecule has 154 valence electrons. The molecule has 10 heteroatoms. The molecule has 0 radical (unpaired) electrons. The van der Waals surface area contributed by atoms with Gasteiger partial charge in [0.25, 0.3) is 11.6 Å². The highest BCUT2D eigenvalue weighted by atomic mass is 32.1. The number of carbonyl (C=O) groups is 1. The van der Waals surface area contributed by atoms with E-state index in [0.29, 0.717) is 35.9 Å². The minimum Gasteiger partial charge on any atom is -0.487 e. The van der Waals surface area contributed by atoms with Gasteiger partial charge in [-0.1, -0.05) is 16.5 Å². The summed E-state index contributed by atoms with van der Waals surface area (Å²) in [5, 5.41) is 4.50. The van der Waals surface area contributed by atoms with Crippen molar-refractivity contribution in [2.24, 2.45) is 0 Å². The van der Waals surface area contributed by atoms with Crippen molar-refractivity contribution in [3.63, 3.8) is 0 Å². The van der Waals surface area contributed by atoms with E-state index in [-0.39, 0.29) is 34.3 Å². The Kier molecular flexibility index (Phi) is 4.97. The Hall–Kier alpha value is -2.62. The molecule has 3 aromatic rings. The monoisotopic (exact) mass is 425 g/mol. The number of hydrogen-bond donors (Lipinski definition) is 0. The molecule has 1 amide bonds. The van der Waals surface area contributed by atoms with Gasteiger partial charge < -0.3 is 14.2 Å². The van der Waals surface area contributed by atoms with Gasteiger partial charge in [0.2, 0.25) is 0 Å². The van der Waals surface area contributed by atoms with Crippen molar-refractivity contribution in [1.29, 1.82) is 0 Å². The summed E-state index contributed by atoms with van der Waals surface area (Å²) < 4.78 is 50.9. The van der Waals surface area contributed by atoms with Gasteiger partial charge in [0.15, 0.2) is 5.06 Å². The van der Waals surface area contributed by atoms with E-state index in [9.17, 15) is 18.0 Å². The highest BCUT2D eigenvalue weighted by Crippen LogP contribution is 2.40. The highest BCUT2D eigenvalue weighted by molar-refractivity contribution is 7.15. The lowest BCUT2D eigenvalue weighted by molar-refractivity contribution is -0.136. The van der Waals surface area contributed by atoms with Crippen LogP contribution in [0.5, 0.6) is 5.06 Å². The fourth-order valence-electron chi connectivity index (χ4n) is 3.66. The van der Waals surface area contributed by atoms with Crippen LogP contribution in [0.1, 0.15) is 45.4 Å². The first-order chi connectivity index (χ1) is 13.8. The summed E-state index contributed by atoms with van der Waals surface area (Å²) in [6.07, 6.45) is -3.52. The average Bonchev–Trinajstić information content (AvgIpc) is 3.33. The number of nitrogens with zero attached hydrogens (tertiary/aromatic N) is 3. The van der Waals surface area contributed by atoms with E-state index in [2.05, 4.69) is 10.1 Å². The van der Waals surface area contributed by atoms with Gasteiger partial charge in [-0.2, -0.15) is 13.2 Å². The highest BCUT2D eigenvalue weighted by Gasteiger charge is 2.38. The minimum absolute atomic E-state index is 0.0733. The Morgan fingerprint density at radius 3 is 2.66 bits per heavy atom. The fourth-order valence-corrected chi connectivity index (χ4v) is 4.44. The van der Waals surface area contributed by atoms with Crippen LogP contribution < -0.4 is 4.74 Å². The molecular weight excluding hydrogens is 407 g/mol. The van der Waals surface area contributed by atoms with E-state index in [1.54, 1.807) is 24.1 Å². The maximum Gasteiger partial charge on any atom is 0.417 e. The van der Waals surface area contributed by atoms with Crippen LogP contribution in [0.3, 0.4) is 0 Å². The van der Waals surface area contributed by atoms with Crippen molar-refractivity contribution in [1.82, 2.24) is 15.0 Å². The summed E-state index contributed by atoms with van der Waals surface area (Å²) in [4.78, 5) is 19.0. The molecule has 1 saturated heterocycles. The Balaban J connectivity index is 1.56. The molecule has 0 saturated carbocycles. The number of halogens is 3. The average molecular weight is 425 g/mol. The molecular formula is C19H18F3N3O3S. The van der Waals surface area contributed by atoms with E-state index < -0.39 is 11.7 Å². The number of fused-ring (bicyclic) bond motifs is 1. The number of carbonyl (C=O) groups excluding carboxylic acids is 1. The van der Waals surface area contributed by atoms with Gasteiger partial charge in [-0.25, -0.2) is 4.98 Å². The molecule has 6 nitrogen and oxygen atoms in total. The van der Waals surface area contributed by atoms with Crippen LogP contribution in [0.2, 0.25) is 0 Å². The molecule has 1 aliphatic rings. The van der Waals surface area contributed by atoms with Gasteiger partial charge in [-0.05, 0) is 38.0 Å². The number of alkyl halides is 3. The molecule has 0 aliphatic carbocycles. The quantitative estimate of drug-likeness (QED) is 0.612. The molecule has 0 bridgehead atoms. The van der Waals surface area contributed by atoms with Gasteiger partial charge in [-0.15, -0.1) is 0 Å². The fraction of sp³-hybridized carbons (Fsp3) is 0.421. The van der Waals surface area contributed by atoms with Crippen molar-refractivity contribution in [2.75, 3.05) is 20.2 Å². The van der Waals surface area contributed by atoms with Crippen molar-refractivity contribution in [2.45, 2.75) is 31.9 Å². The first-order valence-electron chi connectivity index (χ1n) is 9.05. The smallest absolute Gasteiger partial charge is 0.417 e. The summed E-state index contributed by atoms with van der Waals surface area (Å²) in [5.74, 6) is -0.334. The molecule has 0 atom stereocenters. The molecule has 1 aliphatic heterocycles. The summed E-state index contributed by atoms with van der Waals surface area (Å²) in [6, 6.07) is 4.47. The maximum atomic E-state index is 13.6. The van der Waals surface area contributed by atoms with Crippen molar-refractivity contribution in [3.05, 3.63) is 40.0 Å². The summed E-state index contributed by atoms with van der Waals surface area (Å²) in [5.41, 5.74) is -0.388. The van der Waals surface area contributed by atoms with E-state index in [1.165, 1.54) is 18.3 Å². The minimum atomic E-state index is -4.53. The molecule has 0 spiro atoms. The topological polar surface area (TPSA) is 68.5 Å². The van der Waals surface area contributed by atoms with Gasteiger partial charge in [0.1, 0.15) is 0 Å². The van der Waals surface area contributed by atoms with Gasteiger partial charge in [0.05, 0.1) is 28.6 Å². The Bertz CT molecular complexity index is 1050. The molecule has 4 heterocycles. The zero-order valence-electron chi connectivity index (χ0n) is 15.7. The first-order valence-corrected chi connectivity index (χ1v) is 9.86. The number of aromatic nitrogens is 2. The number of aryl methyl sites for hydroxylation is 1. The van der Waals surface area contributed by atoms with Crippen molar-refractivity contribution < 1.29 is 27.2 Å². The molecule has 0 aromatic carbocycles. The number of rotatable bonds is 3. The second-order valence-electron chi connectivity index (χ2n) is 6.95. The number of methoxy groups -OCH3 is 1. The molecule has 0 N–H and O–H groups in total. The number of pyridine rings is 1. The van der Waals surface area contributed by atoms with Crippen LogP contribution in [0.25, 0.3) is 11.1 Å². The Labute approximate surface area is 168 Å². The second-order valence-corrected chi connectivity index (χ2v) is 7.99. The number of ether oxygens (including phenoxy) is 1. The van der Waals surface area contributed by atoms with Crippen LogP contribution in [0, 0.1) is 6.92 Å². The normalized spacial score (nSPS) is 15.8. The first kappa shape index (κ1) is 19.7. The van der Waals surface area contributed by atoms with E-state index in [1.807, 2.05) is 0 Å². The predicted molar refractivity (Wildman–Crippen MR) is 100 cm³/mol. The van der Waals surface area contributed by atoms with E-state index in [0.717, 1.165) is 6.07 Å². The van der Waals surface area contributed by atoms with Gasteiger partial charge in [-0.3, -0.25) is 4.79 Å². The summed E-state index contributed by atoms with van der Waals surface area (Å²) >= 11 is 1.27. The zero-order valence-corrected chi connectivity index (χ0v) is 16.6. The lowest BCUT2D eigenvalue weighted by atomic mass is 9.90. The molecule has 3 aromatic heterocycles. The van der Waals surface area contributed by atoms with Crippen LogP contribution in [0.15, 0.2) is 22.7 Å². The number of amides is 1. The number of likely N-dealkylation sites (tertiary alicyclic amines) is 1. The van der Waals surface area contributed by atoms with E-state index in [4.69, 9.17) is 9.26 Å². The number of hydrogen-bond acceptors (Lipinski definition) is 6. The van der Waals surface area contributed by atoms with Crippen LogP contribution in [0.4, 0.5) is 13.2 Å².